The van der Waals surface area contributed by atoms with Gasteiger partial charge in [0.2, 0.25) is 0 Å². The molecule has 0 heterocycles. The average Bonchev–Trinajstić information content (AvgIpc) is 2.04. The number of thiol groups is 2. The standard InChI is InChI=1S/C8H10S3/c9-5-6-11-8-3-1-7(10)2-4-8/h1-4,9-10H,5-6H2. The van der Waals surface area contributed by atoms with Crippen molar-refractivity contribution in [3.05, 3.63) is 24.3 Å². The van der Waals surface area contributed by atoms with Crippen molar-refractivity contribution in [1.82, 2.24) is 0 Å². The summed E-state index contributed by atoms with van der Waals surface area (Å²) in [5, 5.41) is 0. The lowest BCUT2D eigenvalue weighted by Gasteiger charge is -1.98. The first-order chi connectivity index (χ1) is 5.33. The first kappa shape index (κ1) is 9.36. The third-order valence-electron chi connectivity index (χ3n) is 1.20. The van der Waals surface area contributed by atoms with E-state index in [2.05, 4.69) is 37.4 Å². The highest BCUT2D eigenvalue weighted by molar-refractivity contribution is 8.00. The smallest absolute Gasteiger partial charge is 0.00730 e. The summed E-state index contributed by atoms with van der Waals surface area (Å²) < 4.78 is 0. The number of benzene rings is 1. The Hall–Kier alpha value is 0.270. The van der Waals surface area contributed by atoms with Crippen LogP contribution in [0.4, 0.5) is 0 Å². The zero-order chi connectivity index (χ0) is 8.10. The molecule has 0 unspecified atom stereocenters. The Morgan fingerprint density at radius 3 is 2.36 bits per heavy atom. The molecule has 0 saturated heterocycles. The van der Waals surface area contributed by atoms with Gasteiger partial charge in [-0.05, 0) is 30.0 Å². The zero-order valence-electron chi connectivity index (χ0n) is 6.03. The molecule has 0 aliphatic carbocycles. The minimum Gasteiger partial charge on any atom is -0.178 e. The monoisotopic (exact) mass is 202 g/mol. The van der Waals surface area contributed by atoms with Crippen molar-refractivity contribution in [1.29, 1.82) is 0 Å². The van der Waals surface area contributed by atoms with Crippen LogP contribution in [-0.4, -0.2) is 11.5 Å². The van der Waals surface area contributed by atoms with E-state index in [4.69, 9.17) is 0 Å². The van der Waals surface area contributed by atoms with Crippen molar-refractivity contribution in [2.75, 3.05) is 11.5 Å². The molecule has 60 valence electrons. The fourth-order valence-electron chi connectivity index (χ4n) is 0.706. The van der Waals surface area contributed by atoms with Crippen LogP contribution in [0.2, 0.25) is 0 Å². The minimum absolute atomic E-state index is 0.924. The molecule has 0 aliphatic heterocycles. The quantitative estimate of drug-likeness (QED) is 0.561. The van der Waals surface area contributed by atoms with E-state index < -0.39 is 0 Å². The van der Waals surface area contributed by atoms with Crippen LogP contribution >= 0.6 is 37.0 Å². The maximum atomic E-state index is 4.20. The van der Waals surface area contributed by atoms with Crippen molar-refractivity contribution in [3.8, 4) is 0 Å². The highest BCUT2D eigenvalue weighted by Gasteiger charge is 1.91. The lowest BCUT2D eigenvalue weighted by molar-refractivity contribution is 1.35. The van der Waals surface area contributed by atoms with E-state index in [0.29, 0.717) is 0 Å². The van der Waals surface area contributed by atoms with Gasteiger partial charge in [-0.25, -0.2) is 0 Å². The summed E-state index contributed by atoms with van der Waals surface area (Å²) in [6, 6.07) is 8.17. The summed E-state index contributed by atoms with van der Waals surface area (Å²) in [6.07, 6.45) is 0. The molecular weight excluding hydrogens is 192 g/mol. The highest BCUT2D eigenvalue weighted by Crippen LogP contribution is 2.19. The molecule has 0 amide bonds. The van der Waals surface area contributed by atoms with Gasteiger partial charge in [0.15, 0.2) is 0 Å². The molecule has 11 heavy (non-hydrogen) atoms. The Bertz CT molecular complexity index is 205. The Labute approximate surface area is 82.6 Å². The Morgan fingerprint density at radius 1 is 1.18 bits per heavy atom. The largest absolute Gasteiger partial charge is 0.178 e. The number of hydrogen-bond donors (Lipinski definition) is 2. The van der Waals surface area contributed by atoms with Crippen LogP contribution in [0.3, 0.4) is 0 Å². The van der Waals surface area contributed by atoms with E-state index in [1.807, 2.05) is 23.9 Å². The van der Waals surface area contributed by atoms with Crippen molar-refractivity contribution in [3.63, 3.8) is 0 Å². The van der Waals surface area contributed by atoms with E-state index in [1.54, 1.807) is 0 Å². The molecule has 0 aliphatic rings. The third kappa shape index (κ3) is 3.45. The average molecular weight is 202 g/mol. The Kier molecular flexibility index (Phi) is 4.26. The van der Waals surface area contributed by atoms with Crippen molar-refractivity contribution < 1.29 is 0 Å². The van der Waals surface area contributed by atoms with Crippen LogP contribution in [-0.2, 0) is 0 Å². The molecule has 0 saturated carbocycles. The number of hydrogen-bond acceptors (Lipinski definition) is 3. The summed E-state index contributed by atoms with van der Waals surface area (Å²) in [5.74, 6) is 1.99. The normalized spacial score (nSPS) is 10.0. The van der Waals surface area contributed by atoms with E-state index in [-0.39, 0.29) is 0 Å². The summed E-state index contributed by atoms with van der Waals surface area (Å²) >= 11 is 10.2. The van der Waals surface area contributed by atoms with Gasteiger partial charge < -0.3 is 0 Å². The van der Waals surface area contributed by atoms with E-state index >= 15 is 0 Å². The molecule has 1 aromatic carbocycles. The van der Waals surface area contributed by atoms with Gasteiger partial charge in [-0.15, -0.1) is 24.4 Å². The van der Waals surface area contributed by atoms with Crippen molar-refractivity contribution in [2.45, 2.75) is 9.79 Å². The summed E-state index contributed by atoms with van der Waals surface area (Å²) in [6.45, 7) is 0. The molecule has 1 aromatic rings. The van der Waals surface area contributed by atoms with Gasteiger partial charge in [0.1, 0.15) is 0 Å². The maximum absolute atomic E-state index is 4.20. The second-order valence-corrected chi connectivity index (χ2v) is 4.20. The van der Waals surface area contributed by atoms with Crippen molar-refractivity contribution in [2.24, 2.45) is 0 Å². The fourth-order valence-corrected chi connectivity index (χ4v) is 1.78. The van der Waals surface area contributed by atoms with Gasteiger partial charge in [-0.1, -0.05) is 0 Å². The lowest BCUT2D eigenvalue weighted by atomic mass is 10.4. The molecule has 1 rings (SSSR count). The Morgan fingerprint density at radius 2 is 1.82 bits per heavy atom. The number of rotatable bonds is 3. The summed E-state index contributed by atoms with van der Waals surface area (Å²) in [7, 11) is 0. The van der Waals surface area contributed by atoms with Crippen LogP contribution in [0.1, 0.15) is 0 Å². The molecule has 0 fully saturated rings. The third-order valence-corrected chi connectivity index (χ3v) is 3.03. The van der Waals surface area contributed by atoms with Gasteiger partial charge in [-0.2, -0.15) is 12.6 Å². The van der Waals surface area contributed by atoms with Crippen LogP contribution in [0.15, 0.2) is 34.1 Å². The van der Waals surface area contributed by atoms with Gasteiger partial charge in [0.25, 0.3) is 0 Å². The number of thioether (sulfide) groups is 1. The van der Waals surface area contributed by atoms with Gasteiger partial charge in [-0.3, -0.25) is 0 Å². The molecular formula is C8H10S3. The summed E-state index contributed by atoms with van der Waals surface area (Å²) in [4.78, 5) is 2.30. The van der Waals surface area contributed by atoms with E-state index in [0.717, 1.165) is 16.4 Å². The van der Waals surface area contributed by atoms with E-state index in [9.17, 15) is 0 Å². The first-order valence-electron chi connectivity index (χ1n) is 3.35. The summed E-state index contributed by atoms with van der Waals surface area (Å²) in [5.41, 5.74) is 0. The predicted molar refractivity (Wildman–Crippen MR) is 58.3 cm³/mol. The van der Waals surface area contributed by atoms with Gasteiger partial charge >= 0.3 is 0 Å². The maximum Gasteiger partial charge on any atom is 0.00730 e. The van der Waals surface area contributed by atoms with E-state index in [1.165, 1.54) is 4.90 Å². The molecule has 0 atom stereocenters. The second kappa shape index (κ2) is 5.01. The Balaban J connectivity index is 2.52. The SMILES string of the molecule is SCCSc1ccc(S)cc1. The molecule has 0 N–H and O–H groups in total. The minimum atomic E-state index is 0.924. The molecule has 3 heteroatoms. The molecule has 0 aromatic heterocycles. The van der Waals surface area contributed by atoms with Crippen LogP contribution in [0, 0.1) is 0 Å². The second-order valence-electron chi connectivity index (χ2n) is 2.07. The topological polar surface area (TPSA) is 0 Å². The molecule has 0 bridgehead atoms. The van der Waals surface area contributed by atoms with Gasteiger partial charge in [0.05, 0.1) is 0 Å². The first-order valence-corrected chi connectivity index (χ1v) is 5.42. The fraction of sp³-hybridized carbons (Fsp3) is 0.250. The lowest BCUT2D eigenvalue weighted by Crippen LogP contribution is -1.78. The van der Waals surface area contributed by atoms with Crippen molar-refractivity contribution >= 4 is 37.0 Å². The molecule has 0 radical (unpaired) electrons. The van der Waals surface area contributed by atoms with Crippen LogP contribution < -0.4 is 0 Å². The molecule has 0 spiro atoms. The van der Waals surface area contributed by atoms with Crippen LogP contribution in [0.25, 0.3) is 0 Å². The predicted octanol–water partition coefficient (Wildman–Crippen LogP) is 3.00. The highest BCUT2D eigenvalue weighted by atomic mass is 32.2. The zero-order valence-corrected chi connectivity index (χ0v) is 8.63. The van der Waals surface area contributed by atoms with Crippen LogP contribution in [0.5, 0.6) is 0 Å². The molecule has 0 nitrogen and oxygen atoms in total. The van der Waals surface area contributed by atoms with Gasteiger partial charge in [0, 0.05) is 15.5 Å².